The Morgan fingerprint density at radius 1 is 0.756 bits per heavy atom. The molecule has 12 heteroatoms. The first kappa shape index (κ1) is 33.0. The van der Waals surface area contributed by atoms with Gasteiger partial charge in [-0.3, -0.25) is 28.5 Å². The van der Waals surface area contributed by atoms with Gasteiger partial charge in [0.1, 0.15) is 0 Å². The fraction of sp³-hybridized carbons (Fsp3) is 0.576. The Hall–Kier alpha value is -3.42. The second-order valence-corrected chi connectivity index (χ2v) is 12.4. The van der Waals surface area contributed by atoms with Crippen LogP contribution in [-0.4, -0.2) is 123 Å². The van der Waals surface area contributed by atoms with Gasteiger partial charge in [-0.2, -0.15) is 0 Å². The van der Waals surface area contributed by atoms with Crippen LogP contribution in [0, 0.1) is 0 Å². The van der Waals surface area contributed by atoms with Crippen molar-refractivity contribution >= 4 is 21.5 Å². The maximum Gasteiger partial charge on any atom is 0.263 e. The fourth-order valence-corrected chi connectivity index (χ4v) is 6.13. The lowest BCUT2D eigenvalue weighted by Crippen LogP contribution is -2.39. The van der Waals surface area contributed by atoms with E-state index in [1.807, 2.05) is 38.0 Å². The van der Waals surface area contributed by atoms with E-state index in [-0.39, 0.29) is 30.9 Å². The van der Waals surface area contributed by atoms with Crippen LogP contribution in [0.5, 0.6) is 5.88 Å². The number of piperidine rings is 1. The van der Waals surface area contributed by atoms with Crippen LogP contribution in [0.15, 0.2) is 37.6 Å². The van der Waals surface area contributed by atoms with E-state index in [1.54, 1.807) is 18.2 Å². The summed E-state index contributed by atoms with van der Waals surface area (Å²) in [7, 11) is 7.55. The average molecular weight is 623 g/mol. The number of aromatic hydroxyl groups is 1. The van der Waals surface area contributed by atoms with Crippen molar-refractivity contribution in [3.63, 3.8) is 0 Å². The highest BCUT2D eigenvalue weighted by Gasteiger charge is 2.26. The zero-order valence-corrected chi connectivity index (χ0v) is 27.0. The molecule has 0 unspecified atom stereocenters. The summed E-state index contributed by atoms with van der Waals surface area (Å²) in [5.41, 5.74) is -0.572. The summed E-state index contributed by atoms with van der Waals surface area (Å²) in [6.45, 7) is 6.94. The van der Waals surface area contributed by atoms with Crippen molar-refractivity contribution in [3.05, 3.63) is 54.6 Å². The third kappa shape index (κ3) is 7.20. The number of hydrogen-bond acceptors (Lipinski definition) is 10. The molecule has 3 heterocycles. The van der Waals surface area contributed by atoms with Gasteiger partial charge in [-0.1, -0.05) is 6.42 Å². The highest BCUT2D eigenvalue weighted by Crippen LogP contribution is 2.36. The number of ether oxygens (including phenoxy) is 2. The standard InChI is InChI=1S/C33H46N6O6/c1-35(2)13-15-38-30(40)23-8-9-24-28-27(23)25(32(38)42)22-26(29(28)33(43)39(31(24)41)16-14-36(3)4)34-10-18-44-20-21-45-19-17-37-11-6-5-7-12-37/h8-9,22,41H,5-7,10-21H2,1-4H3. The minimum atomic E-state index is -0.436. The molecule has 2 aromatic rings. The Morgan fingerprint density at radius 3 is 2.09 bits per heavy atom. The number of pyridine rings is 2. The van der Waals surface area contributed by atoms with Gasteiger partial charge < -0.3 is 29.3 Å². The van der Waals surface area contributed by atoms with E-state index < -0.39 is 16.7 Å². The summed E-state index contributed by atoms with van der Waals surface area (Å²) in [6.07, 6.45) is 3.83. The van der Waals surface area contributed by atoms with E-state index in [2.05, 4.69) is 4.90 Å². The lowest BCUT2D eigenvalue weighted by molar-refractivity contribution is 0.0390. The first-order chi connectivity index (χ1) is 21.7. The summed E-state index contributed by atoms with van der Waals surface area (Å²) in [5, 5.41) is 13.0. The van der Waals surface area contributed by atoms with Gasteiger partial charge in [-0.05, 0) is 72.3 Å². The van der Waals surface area contributed by atoms with Crippen molar-refractivity contribution in [2.45, 2.75) is 32.4 Å². The van der Waals surface area contributed by atoms with Crippen molar-refractivity contribution in [1.29, 1.82) is 0 Å². The zero-order valence-electron chi connectivity index (χ0n) is 27.0. The molecule has 2 aliphatic heterocycles. The van der Waals surface area contributed by atoms with Crippen LogP contribution >= 0.6 is 0 Å². The van der Waals surface area contributed by atoms with Crippen LogP contribution in [0.1, 0.15) is 19.3 Å². The molecule has 244 valence electrons. The molecule has 1 fully saturated rings. The fourth-order valence-electron chi connectivity index (χ4n) is 6.13. The zero-order chi connectivity index (χ0) is 32.1. The minimum Gasteiger partial charge on any atom is -0.494 e. The maximum atomic E-state index is 14.0. The van der Waals surface area contributed by atoms with Crippen molar-refractivity contribution in [3.8, 4) is 17.0 Å². The maximum absolute atomic E-state index is 14.0. The second-order valence-electron chi connectivity index (χ2n) is 12.4. The van der Waals surface area contributed by atoms with Crippen LogP contribution in [0.3, 0.4) is 0 Å². The predicted octanol–water partition coefficient (Wildman–Crippen LogP) is 0.906. The van der Waals surface area contributed by atoms with Crippen LogP contribution in [0.25, 0.3) is 32.7 Å². The van der Waals surface area contributed by atoms with E-state index in [0.717, 1.165) is 19.6 Å². The molecule has 0 spiro atoms. The van der Waals surface area contributed by atoms with E-state index in [1.165, 1.54) is 28.4 Å². The predicted molar refractivity (Wildman–Crippen MR) is 176 cm³/mol. The molecular weight excluding hydrogens is 576 g/mol. The van der Waals surface area contributed by atoms with E-state index >= 15 is 0 Å². The van der Waals surface area contributed by atoms with E-state index in [4.69, 9.17) is 14.5 Å². The number of aromatic nitrogens is 2. The number of rotatable bonds is 15. The molecule has 1 aromatic heterocycles. The molecule has 3 aliphatic rings. The third-order valence-corrected chi connectivity index (χ3v) is 8.60. The van der Waals surface area contributed by atoms with E-state index in [0.29, 0.717) is 72.2 Å². The summed E-state index contributed by atoms with van der Waals surface area (Å²) >= 11 is 0. The SMILES string of the molecule is CN(C)CCn1c(O)c2ccc3c4c2c(c(=NCCOCCOCCN2CCCCC2)cc-4c(=O)n(CCN(C)C)c3=O)c1=O. The molecule has 0 amide bonds. The molecule has 12 nitrogen and oxygen atoms in total. The van der Waals surface area contributed by atoms with Gasteiger partial charge >= 0.3 is 0 Å². The molecule has 0 saturated carbocycles. The number of benzene rings is 2. The van der Waals surface area contributed by atoms with Gasteiger partial charge in [0, 0.05) is 54.4 Å². The molecule has 45 heavy (non-hydrogen) atoms. The Balaban J connectivity index is 1.46. The summed E-state index contributed by atoms with van der Waals surface area (Å²) in [5.74, 6) is -0.192. The number of hydrogen-bond donors (Lipinski definition) is 1. The van der Waals surface area contributed by atoms with E-state index in [9.17, 15) is 19.5 Å². The number of nitrogens with zero attached hydrogens (tertiary/aromatic N) is 6. The average Bonchev–Trinajstić information content (AvgIpc) is 3.01. The molecule has 1 aliphatic carbocycles. The van der Waals surface area contributed by atoms with Crippen LogP contribution in [0.4, 0.5) is 0 Å². The molecule has 5 rings (SSSR count). The molecular formula is C33H46N6O6. The Labute approximate surface area is 262 Å². The molecule has 0 bridgehead atoms. The number of likely N-dealkylation sites (tertiary alicyclic amines) is 1. The first-order valence-corrected chi connectivity index (χ1v) is 15.9. The van der Waals surface area contributed by atoms with Gasteiger partial charge in [0.15, 0.2) is 0 Å². The normalized spacial score (nSPS) is 15.2. The minimum absolute atomic E-state index is 0.192. The lowest BCUT2D eigenvalue weighted by Gasteiger charge is -2.26. The second kappa shape index (κ2) is 14.8. The van der Waals surface area contributed by atoms with Crippen LogP contribution in [0.2, 0.25) is 0 Å². The summed E-state index contributed by atoms with van der Waals surface area (Å²) in [6, 6.07) is 4.92. The number of likely N-dealkylation sites (N-methyl/N-ethyl adjacent to an activating group) is 2. The summed E-state index contributed by atoms with van der Waals surface area (Å²) in [4.78, 5) is 52.2. The molecule has 1 aromatic carbocycles. The Bertz CT molecular complexity index is 1790. The van der Waals surface area contributed by atoms with Crippen LogP contribution < -0.4 is 22.0 Å². The Morgan fingerprint density at radius 2 is 1.40 bits per heavy atom. The third-order valence-electron chi connectivity index (χ3n) is 8.60. The largest absolute Gasteiger partial charge is 0.494 e. The van der Waals surface area contributed by atoms with Gasteiger partial charge in [0.2, 0.25) is 5.88 Å². The molecule has 0 radical (unpaired) electrons. The molecule has 1 saturated heterocycles. The van der Waals surface area contributed by atoms with Gasteiger partial charge in [-0.15, -0.1) is 0 Å². The lowest BCUT2D eigenvalue weighted by atomic mass is 9.90. The Kier molecular flexibility index (Phi) is 10.8. The van der Waals surface area contributed by atoms with Gasteiger partial charge in [-0.25, -0.2) is 0 Å². The topological polar surface area (TPSA) is 122 Å². The van der Waals surface area contributed by atoms with Gasteiger partial charge in [0.25, 0.3) is 16.7 Å². The van der Waals surface area contributed by atoms with Crippen molar-refractivity contribution in [2.75, 3.05) is 93.9 Å². The monoisotopic (exact) mass is 622 g/mol. The van der Waals surface area contributed by atoms with Crippen LogP contribution in [-0.2, 0) is 22.6 Å². The smallest absolute Gasteiger partial charge is 0.263 e. The van der Waals surface area contributed by atoms with Crippen molar-refractivity contribution in [2.24, 2.45) is 4.99 Å². The van der Waals surface area contributed by atoms with Crippen molar-refractivity contribution < 1.29 is 14.6 Å². The van der Waals surface area contributed by atoms with Gasteiger partial charge in [0.05, 0.1) is 49.3 Å². The summed E-state index contributed by atoms with van der Waals surface area (Å²) < 4.78 is 14.1. The quantitative estimate of drug-likeness (QED) is 0.152. The molecule has 0 atom stereocenters. The highest BCUT2D eigenvalue weighted by molar-refractivity contribution is 6.15. The molecule has 1 N–H and O–H groups in total. The highest BCUT2D eigenvalue weighted by atomic mass is 16.5. The first-order valence-electron chi connectivity index (χ1n) is 15.9. The van der Waals surface area contributed by atoms with Crippen molar-refractivity contribution in [1.82, 2.24) is 23.8 Å².